The number of halogens is 3. The Balaban J connectivity index is 1.80. The lowest BCUT2D eigenvalue weighted by molar-refractivity contribution is -0.386. The van der Waals surface area contributed by atoms with Crippen molar-refractivity contribution >= 4 is 70.6 Å². The van der Waals surface area contributed by atoms with Gasteiger partial charge < -0.3 is 4.74 Å². The molecule has 4 rings (SSSR count). The van der Waals surface area contributed by atoms with Gasteiger partial charge in [0.15, 0.2) is 0 Å². The van der Waals surface area contributed by atoms with Crippen LogP contribution in [0.3, 0.4) is 0 Å². The molecule has 0 aliphatic rings. The molecule has 11 heteroatoms. The Morgan fingerprint density at radius 3 is 2.47 bits per heavy atom. The Bertz CT molecular complexity index is 1540. The summed E-state index contributed by atoms with van der Waals surface area (Å²) in [6, 6.07) is 15.8. The summed E-state index contributed by atoms with van der Waals surface area (Å²) in [6.45, 7) is 2.10. The van der Waals surface area contributed by atoms with Gasteiger partial charge in [-0.05, 0) is 48.4 Å². The lowest BCUT2D eigenvalue weighted by atomic mass is 10.2. The van der Waals surface area contributed by atoms with Crippen LogP contribution in [0, 0.1) is 10.1 Å². The Morgan fingerprint density at radius 1 is 1.06 bits per heavy atom. The molecule has 36 heavy (non-hydrogen) atoms. The number of nitrogens with zero attached hydrogens (tertiary/aromatic N) is 4. The molecule has 0 amide bonds. The first kappa shape index (κ1) is 26.2. The summed E-state index contributed by atoms with van der Waals surface area (Å²) in [7, 11) is 0. The van der Waals surface area contributed by atoms with Gasteiger partial charge in [-0.25, -0.2) is 4.98 Å². The standard InChI is InChI=1S/C25H19Br3N4O4/c1-2-3-23-30-21-9-8-18(27)11-20(21)25(33)31(23)29-13-16-10-19(28)12-22(32(34)35)24(16)36-14-15-4-6-17(26)7-5-15/h4-13H,2-3,14H2,1H3. The third-order valence-electron chi connectivity index (χ3n) is 5.22. The van der Waals surface area contributed by atoms with Gasteiger partial charge in [-0.15, -0.1) is 0 Å². The van der Waals surface area contributed by atoms with Crippen molar-refractivity contribution in [3.8, 4) is 5.75 Å². The van der Waals surface area contributed by atoms with Crippen LogP contribution in [0.4, 0.5) is 5.69 Å². The lowest BCUT2D eigenvalue weighted by Crippen LogP contribution is -2.22. The van der Waals surface area contributed by atoms with E-state index in [-0.39, 0.29) is 23.6 Å². The highest BCUT2D eigenvalue weighted by Crippen LogP contribution is 2.34. The highest BCUT2D eigenvalue weighted by molar-refractivity contribution is 9.11. The predicted octanol–water partition coefficient (Wildman–Crippen LogP) is 7.01. The second kappa shape index (κ2) is 11.4. The highest BCUT2D eigenvalue weighted by atomic mass is 79.9. The van der Waals surface area contributed by atoms with Crippen LogP contribution in [0.1, 0.15) is 30.3 Å². The topological polar surface area (TPSA) is 99.6 Å². The number of aromatic nitrogens is 2. The number of benzene rings is 3. The number of hydrogen-bond donors (Lipinski definition) is 0. The van der Waals surface area contributed by atoms with Crippen LogP contribution >= 0.6 is 47.8 Å². The summed E-state index contributed by atoms with van der Waals surface area (Å²) in [5.74, 6) is 0.548. The Labute approximate surface area is 231 Å². The first-order chi connectivity index (χ1) is 17.3. The van der Waals surface area contributed by atoms with Crippen molar-refractivity contribution in [2.75, 3.05) is 0 Å². The average molecular weight is 679 g/mol. The summed E-state index contributed by atoms with van der Waals surface area (Å²) in [6.07, 6.45) is 2.68. The van der Waals surface area contributed by atoms with Crippen LogP contribution in [-0.2, 0) is 13.0 Å². The molecule has 0 bridgehead atoms. The van der Waals surface area contributed by atoms with Gasteiger partial charge in [0, 0.05) is 31.5 Å². The molecule has 0 N–H and O–H groups in total. The maximum Gasteiger partial charge on any atom is 0.312 e. The van der Waals surface area contributed by atoms with Crippen molar-refractivity contribution in [2.24, 2.45) is 5.10 Å². The van der Waals surface area contributed by atoms with E-state index in [1.165, 1.54) is 17.0 Å². The van der Waals surface area contributed by atoms with Crippen molar-refractivity contribution in [3.05, 3.63) is 105 Å². The van der Waals surface area contributed by atoms with E-state index in [0.29, 0.717) is 33.2 Å². The van der Waals surface area contributed by atoms with E-state index in [4.69, 9.17) is 4.74 Å². The van der Waals surface area contributed by atoms with E-state index >= 15 is 0 Å². The molecule has 0 aliphatic carbocycles. The molecule has 1 heterocycles. The molecule has 3 aromatic carbocycles. The molecule has 1 aromatic heterocycles. The molecule has 0 fully saturated rings. The second-order valence-electron chi connectivity index (χ2n) is 7.82. The van der Waals surface area contributed by atoms with Crippen LogP contribution in [0.25, 0.3) is 10.9 Å². The zero-order chi connectivity index (χ0) is 25.8. The first-order valence-electron chi connectivity index (χ1n) is 10.9. The van der Waals surface area contributed by atoms with Gasteiger partial charge in [0.2, 0.25) is 5.75 Å². The Kier molecular flexibility index (Phi) is 8.32. The van der Waals surface area contributed by atoms with Gasteiger partial charge in [0.05, 0.1) is 22.0 Å². The Morgan fingerprint density at radius 2 is 1.78 bits per heavy atom. The molecular weight excluding hydrogens is 660 g/mol. The molecular formula is C25H19Br3N4O4. The van der Waals surface area contributed by atoms with Crippen LogP contribution in [0.5, 0.6) is 5.75 Å². The van der Waals surface area contributed by atoms with E-state index in [1.54, 1.807) is 18.2 Å². The third kappa shape index (κ3) is 5.91. The second-order valence-corrected chi connectivity index (χ2v) is 10.6. The maximum atomic E-state index is 13.3. The number of nitro groups is 1. The molecule has 0 atom stereocenters. The van der Waals surface area contributed by atoms with Gasteiger partial charge in [0.25, 0.3) is 5.56 Å². The highest BCUT2D eigenvalue weighted by Gasteiger charge is 2.21. The van der Waals surface area contributed by atoms with E-state index in [2.05, 4.69) is 57.9 Å². The van der Waals surface area contributed by atoms with Gasteiger partial charge in [-0.3, -0.25) is 14.9 Å². The van der Waals surface area contributed by atoms with Gasteiger partial charge >= 0.3 is 5.69 Å². The van der Waals surface area contributed by atoms with Crippen LogP contribution in [0.2, 0.25) is 0 Å². The van der Waals surface area contributed by atoms with E-state index < -0.39 is 4.92 Å². The van der Waals surface area contributed by atoms with E-state index in [9.17, 15) is 14.9 Å². The zero-order valence-corrected chi connectivity index (χ0v) is 23.7. The van der Waals surface area contributed by atoms with Crippen molar-refractivity contribution in [3.63, 3.8) is 0 Å². The van der Waals surface area contributed by atoms with E-state index in [1.807, 2.05) is 37.3 Å². The predicted molar refractivity (Wildman–Crippen MR) is 150 cm³/mol. The monoisotopic (exact) mass is 676 g/mol. The SMILES string of the molecule is CCCc1nc2ccc(Br)cc2c(=O)n1N=Cc1cc(Br)cc([N+](=O)[O-])c1OCc1ccc(Br)cc1. The summed E-state index contributed by atoms with van der Waals surface area (Å²) in [5.41, 5.74) is 1.21. The minimum Gasteiger partial charge on any atom is -0.481 e. The first-order valence-corrected chi connectivity index (χ1v) is 13.3. The number of ether oxygens (including phenoxy) is 1. The van der Waals surface area contributed by atoms with Crippen LogP contribution in [0.15, 0.2) is 77.9 Å². The van der Waals surface area contributed by atoms with Crippen molar-refractivity contribution in [1.82, 2.24) is 9.66 Å². The molecule has 0 saturated heterocycles. The third-order valence-corrected chi connectivity index (χ3v) is 6.70. The molecule has 0 radical (unpaired) electrons. The fourth-order valence-corrected chi connectivity index (χ4v) is 4.63. The van der Waals surface area contributed by atoms with Crippen molar-refractivity contribution < 1.29 is 9.66 Å². The molecule has 0 aliphatic heterocycles. The minimum absolute atomic E-state index is 0.0523. The maximum absolute atomic E-state index is 13.3. The summed E-state index contributed by atoms with van der Waals surface area (Å²) in [4.78, 5) is 29.2. The molecule has 0 spiro atoms. The zero-order valence-electron chi connectivity index (χ0n) is 19.0. The molecule has 8 nitrogen and oxygen atoms in total. The molecule has 0 unspecified atom stereocenters. The molecule has 184 valence electrons. The molecule has 0 saturated carbocycles. The molecule has 4 aromatic rings. The smallest absolute Gasteiger partial charge is 0.312 e. The minimum atomic E-state index is -0.511. The number of hydrogen-bond acceptors (Lipinski definition) is 6. The number of nitro benzene ring substituents is 1. The van der Waals surface area contributed by atoms with Crippen LogP contribution < -0.4 is 10.3 Å². The number of fused-ring (bicyclic) bond motifs is 1. The summed E-state index contributed by atoms with van der Waals surface area (Å²) < 4.78 is 9.30. The Hall–Kier alpha value is -2.89. The largest absolute Gasteiger partial charge is 0.481 e. The fourth-order valence-electron chi connectivity index (χ4n) is 3.54. The quantitative estimate of drug-likeness (QED) is 0.113. The average Bonchev–Trinajstić information content (AvgIpc) is 2.84. The fraction of sp³-hybridized carbons (Fsp3) is 0.160. The number of aryl methyl sites for hydroxylation is 1. The summed E-state index contributed by atoms with van der Waals surface area (Å²) in [5, 5.41) is 16.6. The van der Waals surface area contributed by atoms with E-state index in [0.717, 1.165) is 20.9 Å². The lowest BCUT2D eigenvalue weighted by Gasteiger charge is -2.12. The van der Waals surface area contributed by atoms with Crippen molar-refractivity contribution in [1.29, 1.82) is 0 Å². The number of rotatable bonds is 8. The normalized spacial score (nSPS) is 11.3. The summed E-state index contributed by atoms with van der Waals surface area (Å²) >= 11 is 10.1. The van der Waals surface area contributed by atoms with Crippen molar-refractivity contribution in [2.45, 2.75) is 26.4 Å². The van der Waals surface area contributed by atoms with Gasteiger partial charge in [-0.1, -0.05) is 66.8 Å². The van der Waals surface area contributed by atoms with Gasteiger partial charge in [0.1, 0.15) is 12.4 Å². The van der Waals surface area contributed by atoms with Crippen LogP contribution in [-0.4, -0.2) is 20.8 Å². The van der Waals surface area contributed by atoms with Gasteiger partial charge in [-0.2, -0.15) is 9.78 Å².